The first-order valence-electron chi connectivity index (χ1n) is 2.99. The van der Waals surface area contributed by atoms with Crippen molar-refractivity contribution in [2.24, 2.45) is 5.92 Å². The van der Waals surface area contributed by atoms with E-state index >= 15 is 0 Å². The Morgan fingerprint density at radius 3 is 2.00 bits per heavy atom. The zero-order valence-corrected chi connectivity index (χ0v) is 5.95. The highest BCUT2D eigenvalue weighted by atomic mass is 35.5. The predicted molar refractivity (Wildman–Crippen MR) is 36.3 cm³/mol. The smallest absolute Gasteiger partial charge is 0.0540 e. The van der Waals surface area contributed by atoms with Gasteiger partial charge in [0.15, 0.2) is 0 Å². The Morgan fingerprint density at radius 1 is 1.50 bits per heavy atom. The van der Waals surface area contributed by atoms with Crippen LogP contribution in [-0.4, -0.2) is 11.2 Å². The van der Waals surface area contributed by atoms with Gasteiger partial charge in [-0.25, -0.2) is 0 Å². The molecule has 1 aliphatic carbocycles. The Labute approximate surface area is 56.5 Å². The van der Waals surface area contributed by atoms with Crippen LogP contribution in [0, 0.1) is 5.92 Å². The molecule has 0 aliphatic heterocycles. The Morgan fingerprint density at radius 2 is 2.00 bits per heavy atom. The number of aliphatic hydroxyl groups is 1. The lowest BCUT2D eigenvalue weighted by molar-refractivity contribution is 0.0779. The van der Waals surface area contributed by atoms with Gasteiger partial charge in [0, 0.05) is 0 Å². The Bertz CT molecular complexity index is 59.5. The minimum atomic E-state index is -0.0475. The van der Waals surface area contributed by atoms with Gasteiger partial charge in [0.2, 0.25) is 0 Å². The molecule has 0 aromatic heterocycles. The van der Waals surface area contributed by atoms with Gasteiger partial charge in [-0.15, -0.1) is 12.4 Å². The van der Waals surface area contributed by atoms with Crippen LogP contribution in [0.1, 0.15) is 26.2 Å². The lowest BCUT2D eigenvalue weighted by Crippen LogP contribution is -2.23. The fraction of sp³-hybridized carbons (Fsp3) is 1.00. The predicted octanol–water partition coefficient (Wildman–Crippen LogP) is 1.59. The highest BCUT2D eigenvalue weighted by Gasteiger charge is 2.21. The summed E-state index contributed by atoms with van der Waals surface area (Å²) in [6.07, 6.45) is 3.78. The van der Waals surface area contributed by atoms with Gasteiger partial charge in [0.05, 0.1) is 6.10 Å². The van der Waals surface area contributed by atoms with Crippen LogP contribution in [0.3, 0.4) is 0 Å². The summed E-state index contributed by atoms with van der Waals surface area (Å²) in [6, 6.07) is 0. The molecule has 0 saturated heterocycles. The van der Waals surface area contributed by atoms with Gasteiger partial charge in [-0.2, -0.15) is 0 Å². The van der Waals surface area contributed by atoms with Gasteiger partial charge in [-0.1, -0.05) is 6.42 Å². The van der Waals surface area contributed by atoms with Crippen molar-refractivity contribution in [3.8, 4) is 0 Å². The fourth-order valence-electron chi connectivity index (χ4n) is 0.922. The summed E-state index contributed by atoms with van der Waals surface area (Å²) in [5, 5.41) is 8.87. The normalized spacial score (nSPS) is 23.2. The van der Waals surface area contributed by atoms with Crippen molar-refractivity contribution in [1.29, 1.82) is 0 Å². The second-order valence-corrected chi connectivity index (χ2v) is 2.43. The third kappa shape index (κ3) is 1.64. The number of hydrogen-bond donors (Lipinski definition) is 1. The summed E-state index contributed by atoms with van der Waals surface area (Å²) in [7, 11) is 0. The average molecular weight is 137 g/mol. The maximum atomic E-state index is 8.87. The molecular weight excluding hydrogens is 124 g/mol. The van der Waals surface area contributed by atoms with E-state index in [2.05, 4.69) is 0 Å². The molecule has 1 fully saturated rings. The number of rotatable bonds is 1. The molecule has 1 N–H and O–H groups in total. The standard InChI is InChI=1S/C6H12O.ClH/c1-5(7)6-3-2-4-6;/h5-7H,2-4H2,1H3;1H. The molecule has 0 amide bonds. The summed E-state index contributed by atoms with van der Waals surface area (Å²) in [5.41, 5.74) is 0. The quantitative estimate of drug-likeness (QED) is 0.581. The zero-order valence-electron chi connectivity index (χ0n) is 5.13. The van der Waals surface area contributed by atoms with Crippen LogP contribution in [0.4, 0.5) is 0 Å². The second-order valence-electron chi connectivity index (χ2n) is 2.43. The Hall–Kier alpha value is 0.250. The highest BCUT2D eigenvalue weighted by molar-refractivity contribution is 5.85. The highest BCUT2D eigenvalue weighted by Crippen LogP contribution is 2.28. The van der Waals surface area contributed by atoms with Crippen molar-refractivity contribution in [1.82, 2.24) is 0 Å². The number of hydrogen-bond acceptors (Lipinski definition) is 1. The molecule has 0 heterocycles. The lowest BCUT2D eigenvalue weighted by atomic mass is 9.82. The molecule has 0 radical (unpaired) electrons. The second kappa shape index (κ2) is 3.31. The van der Waals surface area contributed by atoms with Crippen LogP contribution in [0.15, 0.2) is 0 Å². The minimum absolute atomic E-state index is 0. The molecule has 1 atom stereocenters. The zero-order chi connectivity index (χ0) is 5.28. The van der Waals surface area contributed by atoms with E-state index in [1.54, 1.807) is 0 Å². The molecule has 1 aliphatic rings. The maximum absolute atomic E-state index is 8.87. The maximum Gasteiger partial charge on any atom is 0.0540 e. The number of aliphatic hydroxyl groups excluding tert-OH is 1. The van der Waals surface area contributed by atoms with E-state index in [-0.39, 0.29) is 18.5 Å². The monoisotopic (exact) mass is 136 g/mol. The molecule has 2 heteroatoms. The van der Waals surface area contributed by atoms with Crippen molar-refractivity contribution in [3.05, 3.63) is 0 Å². The van der Waals surface area contributed by atoms with Gasteiger partial charge in [-0.05, 0) is 25.7 Å². The van der Waals surface area contributed by atoms with E-state index in [0.29, 0.717) is 5.92 Å². The van der Waals surface area contributed by atoms with E-state index in [1.807, 2.05) is 6.92 Å². The van der Waals surface area contributed by atoms with Crippen LogP contribution in [0.25, 0.3) is 0 Å². The SMILES string of the molecule is CC(O)C1CCC1.Cl. The molecule has 1 nitrogen and oxygen atoms in total. The minimum Gasteiger partial charge on any atom is -0.393 e. The van der Waals surface area contributed by atoms with Crippen molar-refractivity contribution in [2.75, 3.05) is 0 Å². The molecule has 1 unspecified atom stereocenters. The summed E-state index contributed by atoms with van der Waals surface area (Å²) >= 11 is 0. The van der Waals surface area contributed by atoms with Crippen molar-refractivity contribution in [2.45, 2.75) is 32.3 Å². The fourth-order valence-corrected chi connectivity index (χ4v) is 0.922. The Balaban J connectivity index is 0.000000490. The summed E-state index contributed by atoms with van der Waals surface area (Å²) in [6.45, 7) is 1.88. The first kappa shape index (κ1) is 8.25. The first-order chi connectivity index (χ1) is 3.30. The van der Waals surface area contributed by atoms with Crippen molar-refractivity contribution < 1.29 is 5.11 Å². The Kier molecular flexibility index (Phi) is 3.41. The van der Waals surface area contributed by atoms with Crippen LogP contribution < -0.4 is 0 Å². The third-order valence-electron chi connectivity index (χ3n) is 1.83. The van der Waals surface area contributed by atoms with Crippen LogP contribution in [-0.2, 0) is 0 Å². The summed E-state index contributed by atoms with van der Waals surface area (Å²) < 4.78 is 0. The molecule has 0 aromatic rings. The molecule has 50 valence electrons. The topological polar surface area (TPSA) is 20.2 Å². The van der Waals surface area contributed by atoms with Crippen LogP contribution >= 0.6 is 12.4 Å². The van der Waals surface area contributed by atoms with E-state index in [1.165, 1.54) is 19.3 Å². The average Bonchev–Trinajstić information content (AvgIpc) is 1.23. The van der Waals surface area contributed by atoms with Crippen molar-refractivity contribution in [3.63, 3.8) is 0 Å². The first-order valence-corrected chi connectivity index (χ1v) is 2.99. The largest absolute Gasteiger partial charge is 0.393 e. The lowest BCUT2D eigenvalue weighted by Gasteiger charge is -2.27. The summed E-state index contributed by atoms with van der Waals surface area (Å²) in [5.74, 6) is 0.639. The summed E-state index contributed by atoms with van der Waals surface area (Å²) in [4.78, 5) is 0. The molecule has 0 spiro atoms. The molecule has 1 saturated carbocycles. The van der Waals surface area contributed by atoms with Crippen molar-refractivity contribution >= 4 is 12.4 Å². The third-order valence-corrected chi connectivity index (χ3v) is 1.83. The molecule has 0 bridgehead atoms. The van der Waals surface area contributed by atoms with E-state index in [0.717, 1.165) is 0 Å². The molecular formula is C6H13ClO. The molecule has 1 rings (SSSR count). The van der Waals surface area contributed by atoms with Gasteiger partial charge in [0.25, 0.3) is 0 Å². The molecule has 0 aromatic carbocycles. The van der Waals surface area contributed by atoms with Gasteiger partial charge in [-0.3, -0.25) is 0 Å². The van der Waals surface area contributed by atoms with Gasteiger partial charge in [0.1, 0.15) is 0 Å². The van der Waals surface area contributed by atoms with Crippen LogP contribution in [0.5, 0.6) is 0 Å². The van der Waals surface area contributed by atoms with E-state index in [9.17, 15) is 0 Å². The van der Waals surface area contributed by atoms with E-state index < -0.39 is 0 Å². The van der Waals surface area contributed by atoms with Gasteiger partial charge >= 0.3 is 0 Å². The molecule has 8 heavy (non-hydrogen) atoms. The van der Waals surface area contributed by atoms with Crippen LogP contribution in [0.2, 0.25) is 0 Å². The van der Waals surface area contributed by atoms with E-state index in [4.69, 9.17) is 5.11 Å². The van der Waals surface area contributed by atoms with Gasteiger partial charge < -0.3 is 5.11 Å². The number of halogens is 1.